The number of benzene rings is 1. The molecule has 0 radical (unpaired) electrons. The molecule has 1 aromatic rings. The highest BCUT2D eigenvalue weighted by molar-refractivity contribution is 6.31. The first-order valence-corrected chi connectivity index (χ1v) is 7.99. The Balaban J connectivity index is 1.76. The molecule has 2 fully saturated rings. The molecule has 2 amide bonds. The Bertz CT molecular complexity index is 602. The fourth-order valence-corrected chi connectivity index (χ4v) is 3.42. The molecule has 22 heavy (non-hydrogen) atoms. The van der Waals surface area contributed by atoms with Gasteiger partial charge in [0, 0.05) is 11.7 Å². The summed E-state index contributed by atoms with van der Waals surface area (Å²) in [6.07, 6.45) is 5.37. The van der Waals surface area contributed by atoms with Crippen LogP contribution in [0.25, 0.3) is 0 Å². The molecule has 1 aliphatic carbocycles. The smallest absolute Gasteiger partial charge is 0.247 e. The number of carbonyl (C=O) groups excluding carboxylic acids is 2. The normalized spacial score (nSPS) is 20.6. The van der Waals surface area contributed by atoms with Gasteiger partial charge in [-0.15, -0.1) is 0 Å². The number of piperazine rings is 1. The first-order valence-electron chi connectivity index (χ1n) is 7.61. The van der Waals surface area contributed by atoms with Gasteiger partial charge >= 0.3 is 0 Å². The Morgan fingerprint density at radius 3 is 2.45 bits per heavy atom. The van der Waals surface area contributed by atoms with Crippen LogP contribution < -0.4 is 4.90 Å². The van der Waals surface area contributed by atoms with Crippen molar-refractivity contribution in [3.8, 4) is 0 Å². The van der Waals surface area contributed by atoms with E-state index in [1.807, 2.05) is 0 Å². The van der Waals surface area contributed by atoms with Gasteiger partial charge in [0.25, 0.3) is 0 Å². The van der Waals surface area contributed by atoms with Crippen molar-refractivity contribution in [3.05, 3.63) is 29.0 Å². The van der Waals surface area contributed by atoms with E-state index >= 15 is 0 Å². The van der Waals surface area contributed by atoms with Crippen molar-refractivity contribution in [1.29, 1.82) is 0 Å². The molecule has 1 aromatic carbocycles. The van der Waals surface area contributed by atoms with Crippen LogP contribution in [0.2, 0.25) is 5.02 Å². The van der Waals surface area contributed by atoms with Crippen LogP contribution in [0.5, 0.6) is 0 Å². The van der Waals surface area contributed by atoms with Crippen molar-refractivity contribution in [3.63, 3.8) is 0 Å². The molecule has 2 aliphatic rings. The lowest BCUT2D eigenvalue weighted by atomic mass is 9.93. The second-order valence-corrected chi connectivity index (χ2v) is 6.30. The molecule has 1 saturated heterocycles. The van der Waals surface area contributed by atoms with Crippen molar-refractivity contribution in [1.82, 2.24) is 4.90 Å². The summed E-state index contributed by atoms with van der Waals surface area (Å²) in [4.78, 5) is 27.9. The lowest BCUT2D eigenvalue weighted by Crippen LogP contribution is -2.57. The number of carbonyl (C=O) groups is 2. The van der Waals surface area contributed by atoms with Crippen LogP contribution >= 0.6 is 11.6 Å². The number of hydrogen-bond acceptors (Lipinski definition) is 2. The van der Waals surface area contributed by atoms with E-state index in [1.54, 1.807) is 4.90 Å². The summed E-state index contributed by atoms with van der Waals surface area (Å²) in [5.41, 5.74) is 0.466. The average Bonchev–Trinajstić information content (AvgIpc) is 2.53. The van der Waals surface area contributed by atoms with Crippen LogP contribution in [0.4, 0.5) is 10.1 Å². The van der Waals surface area contributed by atoms with Gasteiger partial charge in [-0.2, -0.15) is 0 Å². The Morgan fingerprint density at radius 1 is 1.05 bits per heavy atom. The summed E-state index contributed by atoms with van der Waals surface area (Å²) in [7, 11) is 0. The van der Waals surface area contributed by atoms with Gasteiger partial charge in [0.05, 0.1) is 5.02 Å². The highest BCUT2D eigenvalue weighted by atomic mass is 35.5. The zero-order chi connectivity index (χ0) is 15.7. The molecule has 1 heterocycles. The molecule has 1 saturated carbocycles. The van der Waals surface area contributed by atoms with Crippen molar-refractivity contribution in [2.45, 2.75) is 38.1 Å². The Kier molecular flexibility index (Phi) is 4.34. The molecule has 6 heteroatoms. The third-order valence-electron chi connectivity index (χ3n) is 4.45. The van der Waals surface area contributed by atoms with Crippen LogP contribution in [0.1, 0.15) is 32.1 Å². The number of amides is 2. The van der Waals surface area contributed by atoms with E-state index in [-0.39, 0.29) is 36.0 Å². The first-order chi connectivity index (χ1) is 10.6. The van der Waals surface area contributed by atoms with E-state index in [0.29, 0.717) is 5.69 Å². The molecule has 0 N–H and O–H groups in total. The van der Waals surface area contributed by atoms with Gasteiger partial charge in [0.2, 0.25) is 11.8 Å². The van der Waals surface area contributed by atoms with Crippen LogP contribution in [-0.2, 0) is 9.59 Å². The molecule has 1 aliphatic heterocycles. The molecule has 0 spiro atoms. The number of rotatable bonds is 2. The maximum atomic E-state index is 13.2. The van der Waals surface area contributed by atoms with E-state index < -0.39 is 5.82 Å². The van der Waals surface area contributed by atoms with Crippen molar-refractivity contribution in [2.75, 3.05) is 18.0 Å². The summed E-state index contributed by atoms with van der Waals surface area (Å²) in [6.45, 7) is 0.0930. The largest absolute Gasteiger partial charge is 0.329 e. The molecular formula is C16H18ClFN2O2. The first kappa shape index (κ1) is 15.3. The number of halogens is 2. The third kappa shape index (κ3) is 2.95. The van der Waals surface area contributed by atoms with Gasteiger partial charge in [0.15, 0.2) is 0 Å². The van der Waals surface area contributed by atoms with Crippen LogP contribution in [0.15, 0.2) is 18.2 Å². The SMILES string of the molecule is O=C1CN(C2CCCCC2)C(=O)CN1c1ccc(F)c(Cl)c1. The van der Waals surface area contributed by atoms with E-state index in [9.17, 15) is 14.0 Å². The highest BCUT2D eigenvalue weighted by Gasteiger charge is 2.35. The van der Waals surface area contributed by atoms with E-state index in [2.05, 4.69) is 0 Å². The fourth-order valence-electron chi connectivity index (χ4n) is 3.25. The second-order valence-electron chi connectivity index (χ2n) is 5.89. The third-order valence-corrected chi connectivity index (χ3v) is 4.74. The topological polar surface area (TPSA) is 40.6 Å². The average molecular weight is 325 g/mol. The van der Waals surface area contributed by atoms with Gasteiger partial charge in [-0.1, -0.05) is 30.9 Å². The second kappa shape index (κ2) is 6.24. The van der Waals surface area contributed by atoms with Crippen molar-refractivity contribution >= 4 is 29.1 Å². The number of anilines is 1. The monoisotopic (exact) mass is 324 g/mol. The zero-order valence-electron chi connectivity index (χ0n) is 12.2. The summed E-state index contributed by atoms with van der Waals surface area (Å²) in [5, 5.41) is -0.0486. The van der Waals surface area contributed by atoms with Crippen LogP contribution in [0, 0.1) is 5.82 Å². The van der Waals surface area contributed by atoms with Crippen molar-refractivity contribution < 1.29 is 14.0 Å². The Hall–Kier alpha value is -1.62. The Labute approximate surface area is 133 Å². The molecule has 118 valence electrons. The summed E-state index contributed by atoms with van der Waals surface area (Å²) in [6, 6.07) is 4.26. The van der Waals surface area contributed by atoms with Crippen molar-refractivity contribution in [2.24, 2.45) is 0 Å². The standard InChI is InChI=1S/C16H18ClFN2O2/c17-13-8-12(6-7-14(13)18)20-10-15(21)19(9-16(20)22)11-4-2-1-3-5-11/h6-8,11H,1-5,9-10H2. The van der Waals surface area contributed by atoms with E-state index in [1.165, 1.54) is 29.5 Å². The van der Waals surface area contributed by atoms with Gasteiger partial charge in [-0.05, 0) is 31.0 Å². The fraction of sp³-hybridized carbons (Fsp3) is 0.500. The minimum atomic E-state index is -0.537. The molecule has 4 nitrogen and oxygen atoms in total. The van der Waals surface area contributed by atoms with Gasteiger partial charge < -0.3 is 9.80 Å². The van der Waals surface area contributed by atoms with Gasteiger partial charge in [-0.25, -0.2) is 4.39 Å². The predicted molar refractivity (Wildman–Crippen MR) is 82.3 cm³/mol. The molecule has 0 unspecified atom stereocenters. The summed E-state index contributed by atoms with van der Waals surface area (Å²) >= 11 is 5.76. The zero-order valence-corrected chi connectivity index (χ0v) is 13.0. The van der Waals surface area contributed by atoms with Gasteiger partial charge in [0.1, 0.15) is 18.9 Å². The molecule has 0 atom stereocenters. The Morgan fingerprint density at radius 2 is 1.77 bits per heavy atom. The maximum absolute atomic E-state index is 13.2. The lowest BCUT2D eigenvalue weighted by molar-refractivity contribution is -0.141. The molecule has 0 bridgehead atoms. The number of hydrogen-bond donors (Lipinski definition) is 0. The number of nitrogens with zero attached hydrogens (tertiary/aromatic N) is 2. The predicted octanol–water partition coefficient (Wildman–Crippen LogP) is 2.99. The van der Waals surface area contributed by atoms with Crippen LogP contribution in [-0.4, -0.2) is 35.8 Å². The van der Waals surface area contributed by atoms with Crippen LogP contribution in [0.3, 0.4) is 0 Å². The van der Waals surface area contributed by atoms with E-state index in [0.717, 1.165) is 25.7 Å². The highest BCUT2D eigenvalue weighted by Crippen LogP contribution is 2.27. The quantitative estimate of drug-likeness (QED) is 0.839. The molecule has 0 aromatic heterocycles. The summed E-state index contributed by atoms with van der Waals surface area (Å²) < 4.78 is 13.2. The minimum Gasteiger partial charge on any atom is -0.329 e. The molecular weight excluding hydrogens is 307 g/mol. The summed E-state index contributed by atoms with van der Waals surface area (Å²) in [5.74, 6) is -0.732. The maximum Gasteiger partial charge on any atom is 0.247 e. The van der Waals surface area contributed by atoms with Gasteiger partial charge in [-0.3, -0.25) is 9.59 Å². The minimum absolute atomic E-state index is 0.00268. The van der Waals surface area contributed by atoms with E-state index in [4.69, 9.17) is 11.6 Å². The lowest BCUT2D eigenvalue weighted by Gasteiger charge is -2.40. The molecule has 3 rings (SSSR count).